The molecule has 0 bridgehead atoms. The number of hydrogen-bond acceptors (Lipinski definition) is 23. The zero-order chi connectivity index (χ0) is 103. The van der Waals surface area contributed by atoms with Crippen LogP contribution in [-0.2, 0) is 49.7 Å². The van der Waals surface area contributed by atoms with Gasteiger partial charge in [0.15, 0.2) is 38.8 Å². The molecule has 35 heteroatoms. The minimum absolute atomic E-state index is 0.0240. The lowest BCUT2D eigenvalue weighted by atomic mass is 9.73. The summed E-state index contributed by atoms with van der Waals surface area (Å²) in [5, 5.41) is -0.608. The number of ether oxygens (including phenoxy) is 4. The highest BCUT2D eigenvalue weighted by molar-refractivity contribution is 7.91. The predicted molar refractivity (Wildman–Crippen MR) is 518 cm³/mol. The minimum Gasteiger partial charge on any atom is -0.491 e. The molecule has 4 aliphatic carbocycles. The van der Waals surface area contributed by atoms with E-state index < -0.39 is 142 Å². The van der Waals surface area contributed by atoms with E-state index in [2.05, 4.69) is 65.6 Å². The molecule has 0 radical (unpaired) electrons. The number of ketones is 4. The Morgan fingerprint density at radius 2 is 0.657 bits per heavy atom. The monoisotopic (exact) mass is 1990 g/mol. The third kappa shape index (κ3) is 25.6. The van der Waals surface area contributed by atoms with Crippen molar-refractivity contribution in [1.29, 1.82) is 0 Å². The molecular formula is C108H114F11N13O10S. The minimum atomic E-state index is -3.29. The van der Waals surface area contributed by atoms with Crippen LogP contribution in [0.25, 0.3) is 45.2 Å². The van der Waals surface area contributed by atoms with Crippen molar-refractivity contribution < 1.29 is 94.8 Å². The Hall–Kier alpha value is -12.6. The Morgan fingerprint density at radius 3 is 0.944 bits per heavy atom. The molecule has 16 atom stereocenters. The number of methoxy groups -OCH3 is 3. The van der Waals surface area contributed by atoms with Gasteiger partial charge in [0.1, 0.15) is 110 Å². The van der Waals surface area contributed by atoms with Gasteiger partial charge in [-0.2, -0.15) is 0 Å². The van der Waals surface area contributed by atoms with Gasteiger partial charge in [0.25, 0.3) is 0 Å². The summed E-state index contributed by atoms with van der Waals surface area (Å²) in [7, 11) is 1.70. The van der Waals surface area contributed by atoms with Crippen molar-refractivity contribution in [1.82, 2.24) is 44.9 Å². The van der Waals surface area contributed by atoms with Gasteiger partial charge in [-0.15, -0.1) is 0 Å². The van der Waals surface area contributed by atoms with Crippen molar-refractivity contribution in [3.05, 3.63) is 319 Å². The van der Waals surface area contributed by atoms with Crippen molar-refractivity contribution in [2.45, 2.75) is 210 Å². The largest absolute Gasteiger partial charge is 0.491 e. The molecule has 4 aliphatic rings. The number of Topliss-reactive ketones (excluding diaryl/α,β-unsaturated/α-hetero) is 4. The molecule has 0 unspecified atom stereocenters. The van der Waals surface area contributed by atoms with Crippen LogP contribution in [0.4, 0.5) is 48.3 Å². The van der Waals surface area contributed by atoms with Crippen LogP contribution in [-0.4, -0.2) is 158 Å². The van der Waals surface area contributed by atoms with E-state index in [1.165, 1.54) is 56.6 Å². The van der Waals surface area contributed by atoms with Crippen LogP contribution in [0.3, 0.4) is 0 Å². The zero-order valence-corrected chi connectivity index (χ0v) is 81.8. The van der Waals surface area contributed by atoms with Crippen LogP contribution < -0.4 is 27.7 Å². The number of hydrogen-bond donors (Lipinski definition) is 4. The lowest BCUT2D eigenvalue weighted by molar-refractivity contribution is 0.00969. The number of benzene rings is 4. The molecule has 4 aromatic carbocycles. The molecule has 4 fully saturated rings. The van der Waals surface area contributed by atoms with Crippen LogP contribution in [0.15, 0.2) is 177 Å². The normalized spacial score (nSPS) is 22.2. The highest BCUT2D eigenvalue weighted by Gasteiger charge is 2.43. The number of aryl methyl sites for hydroxylation is 2. The Labute approximate surface area is 822 Å². The zero-order valence-electron chi connectivity index (χ0n) is 81.0. The van der Waals surface area contributed by atoms with E-state index in [1.807, 2.05) is 31.2 Å². The van der Waals surface area contributed by atoms with Gasteiger partial charge in [-0.05, 0) is 285 Å². The molecular weight excluding hydrogens is 1880 g/mol. The van der Waals surface area contributed by atoms with Gasteiger partial charge in [0.05, 0.1) is 51.9 Å². The van der Waals surface area contributed by atoms with Gasteiger partial charge in [-0.25, -0.2) is 81.6 Å². The number of nitrogens with zero attached hydrogens (tertiary/aromatic N) is 9. The summed E-state index contributed by atoms with van der Waals surface area (Å²) in [6, 6.07) is 24.4. The van der Waals surface area contributed by atoms with Gasteiger partial charge in [0.2, 0.25) is 0 Å². The maximum atomic E-state index is 14.8. The van der Waals surface area contributed by atoms with Crippen LogP contribution in [0.1, 0.15) is 214 Å². The summed E-state index contributed by atoms with van der Waals surface area (Å²) in [6.45, 7) is 14.7. The van der Waals surface area contributed by atoms with E-state index in [0.29, 0.717) is 54.4 Å². The van der Waals surface area contributed by atoms with E-state index >= 15 is 0 Å². The summed E-state index contributed by atoms with van der Waals surface area (Å²) < 4.78 is 206. The molecule has 8 N–H and O–H groups in total. The second-order valence-corrected chi connectivity index (χ2v) is 40.1. The second-order valence-electron chi connectivity index (χ2n) is 37.9. The molecule has 0 spiro atoms. The fraction of sp³-hybridized carbons (Fsp3) is 0.380. The molecule has 23 nitrogen and oxygen atoms in total. The van der Waals surface area contributed by atoms with Gasteiger partial charge in [-0.3, -0.25) is 39.1 Å². The average Bonchev–Trinajstić information content (AvgIpc) is 0.788. The molecule has 8 heterocycles. The maximum Gasteiger partial charge on any atom is 0.185 e. The number of nitrogens with two attached hydrogens (primary N) is 4. The first-order valence-corrected chi connectivity index (χ1v) is 49.0. The quantitative estimate of drug-likeness (QED) is 0.0289. The SMILES string of the molecule is CO[C@@H]1[C@H](C)C[C@H](c2ccncc2CC(=O)c2ccc(F)c(-c3c(F)cc(C)cc3F)n2)C[C@@H]1N.CO[C@@H]1[C@H](N)C[C@H](c2ccncc2CC(=O)c2ccc(F)c(-c3c(F)cc(C)cc3F)n2)C[C@@H]1C.CO[C@@H]1[C@H](N)C[C@H](c2ccncc2CC(=O)c2ccc(F)c(-c3c(F)cc(OC(C)C)cc3F)n2)C[C@@H]1C.C[C@H]1C[C@@H](c2ccncc2CC(=O)c2ccnc(-c3c(F)cccc3F)n2)C[C@@H](N)[C@H]1S(C)(=O)=O. The third-order valence-electron chi connectivity index (χ3n) is 27.0. The average molecular weight is 2000 g/mol. The lowest BCUT2D eigenvalue weighted by Gasteiger charge is -2.38. The van der Waals surface area contributed by atoms with Crippen LogP contribution in [0.5, 0.6) is 5.75 Å². The van der Waals surface area contributed by atoms with Crippen LogP contribution in [0.2, 0.25) is 0 Å². The van der Waals surface area contributed by atoms with Gasteiger partial charge < -0.3 is 41.9 Å². The molecule has 16 rings (SSSR count). The van der Waals surface area contributed by atoms with Crippen molar-refractivity contribution in [3.8, 4) is 50.9 Å². The van der Waals surface area contributed by atoms with Crippen molar-refractivity contribution >= 4 is 33.0 Å². The summed E-state index contributed by atoms with van der Waals surface area (Å²) in [4.78, 5) is 89.5. The number of halogens is 11. The lowest BCUT2D eigenvalue weighted by Crippen LogP contribution is -2.48. The number of rotatable bonds is 26. The fourth-order valence-electron chi connectivity index (χ4n) is 20.9. The Balaban J connectivity index is 0.000000160. The van der Waals surface area contributed by atoms with E-state index in [0.717, 1.165) is 119 Å². The fourth-order valence-corrected chi connectivity index (χ4v) is 22.6. The summed E-state index contributed by atoms with van der Waals surface area (Å²) in [6.07, 6.45) is 20.9. The summed E-state index contributed by atoms with van der Waals surface area (Å²) in [5.41, 5.74) is 28.6. The molecule has 0 aliphatic heterocycles. The topological polar surface area (TPSA) is 359 Å². The smallest absolute Gasteiger partial charge is 0.185 e. The number of carbonyl (C=O) groups is 4. The van der Waals surface area contributed by atoms with Gasteiger partial charge in [-0.1, -0.05) is 33.8 Å². The van der Waals surface area contributed by atoms with E-state index in [4.69, 9.17) is 41.9 Å². The third-order valence-corrected chi connectivity index (χ3v) is 28.8. The van der Waals surface area contributed by atoms with E-state index in [1.54, 1.807) is 84.8 Å². The molecule has 8 aromatic heterocycles. The van der Waals surface area contributed by atoms with Gasteiger partial charge >= 0.3 is 0 Å². The number of carbonyl (C=O) groups excluding carboxylic acids is 4. The first kappa shape index (κ1) is 108. The van der Waals surface area contributed by atoms with E-state index in [9.17, 15) is 75.9 Å². The number of aromatic nitrogens is 9. The molecule has 0 saturated heterocycles. The van der Waals surface area contributed by atoms with Crippen molar-refractivity contribution in [3.63, 3.8) is 0 Å². The van der Waals surface area contributed by atoms with Crippen LogP contribution in [0, 0.1) is 102 Å². The maximum absolute atomic E-state index is 14.8. The standard InChI is InChI=1S/C29H32F3N3O3.2C27H28F3N3O2.C25H26F2N4O3S/c1-15(2)38-19-12-22(31)27(23(32)13-19)28-21(30)5-6-25(35-28)26(36)11-18-14-34-8-7-20(18)17-9-16(3)29(37-4)24(33)10-17;2*1-14-8-20(29)25(21(30)9-14)26-19(28)4-5-23(33-26)24(34)12-17-13-32-7-6-18(17)16-10-15(2)27(35-3)22(31)11-16;1-14-10-15(11-20(28)24(14)35(2,33)34)17-6-8-29-13-16(17)12-22(32)21-7-9-30-25(31-21)23-18(26)4-3-5-19(23)27/h5-8,12-17,24,29H,9-11,33H2,1-4H3;2*4-9,13,15-16,22,27H,10-12,31H2,1-3H3;3-9,13-15,20,24H,10-12,28H2,1-2H3/t16-,17+,24+,29-;2*15-,16+,22+,27-;14-,15+,20+,24-/m0100/s1. The number of sulfone groups is 1. The Bertz CT molecular complexity index is 6440. The summed E-state index contributed by atoms with van der Waals surface area (Å²) in [5.74, 6) is -11.2. The molecule has 0 amide bonds. The van der Waals surface area contributed by atoms with Crippen LogP contribution >= 0.6 is 0 Å². The highest BCUT2D eigenvalue weighted by atomic mass is 32.2. The molecule has 12 aromatic rings. The molecule has 4 saturated carbocycles. The van der Waals surface area contributed by atoms with Crippen molar-refractivity contribution in [2.24, 2.45) is 46.6 Å². The molecule has 754 valence electrons. The van der Waals surface area contributed by atoms with Gasteiger partial charge in [0, 0.05) is 145 Å². The van der Waals surface area contributed by atoms with E-state index in [-0.39, 0.29) is 156 Å². The number of pyridine rings is 7. The molecule has 143 heavy (non-hydrogen) atoms. The Morgan fingerprint density at radius 1 is 0.364 bits per heavy atom. The highest BCUT2D eigenvalue weighted by Crippen LogP contribution is 2.45. The first-order valence-electron chi connectivity index (χ1n) is 47.0. The predicted octanol–water partition coefficient (Wildman–Crippen LogP) is 19.4. The first-order chi connectivity index (χ1) is 68.0. The second kappa shape index (κ2) is 47.3. The van der Waals surface area contributed by atoms with Crippen molar-refractivity contribution in [2.75, 3.05) is 27.6 Å². The Kier molecular flexibility index (Phi) is 35.6. The summed E-state index contributed by atoms with van der Waals surface area (Å²) >= 11 is 0.